The van der Waals surface area contributed by atoms with Crippen LogP contribution in [0.1, 0.15) is 35.3 Å². The van der Waals surface area contributed by atoms with E-state index in [2.05, 4.69) is 33.7 Å². The maximum atomic E-state index is 4.18. The van der Waals surface area contributed by atoms with Crippen molar-refractivity contribution in [3.05, 3.63) is 27.2 Å². The smallest absolute Gasteiger partial charge is 0.0801 e. The van der Waals surface area contributed by atoms with Crippen molar-refractivity contribution in [3.8, 4) is 0 Å². The van der Waals surface area contributed by atoms with Gasteiger partial charge >= 0.3 is 0 Å². The Kier molecular flexibility index (Phi) is 4.58. The van der Waals surface area contributed by atoms with Gasteiger partial charge in [0, 0.05) is 23.5 Å². The number of thiazole rings is 1. The molecular weight excluding hydrogens is 252 g/mol. The van der Waals surface area contributed by atoms with Gasteiger partial charge in [-0.2, -0.15) is 0 Å². The van der Waals surface area contributed by atoms with Crippen LogP contribution in [0.5, 0.6) is 0 Å². The number of aryl methyl sites for hydroxylation is 1. The molecule has 0 aliphatic heterocycles. The minimum absolute atomic E-state index is 0.315. The number of rotatable bonds is 6. The highest BCUT2D eigenvalue weighted by atomic mass is 32.1. The molecule has 2 aromatic heterocycles. The first-order valence-electron chi connectivity index (χ1n) is 5.77. The highest BCUT2D eigenvalue weighted by Gasteiger charge is 2.18. The van der Waals surface area contributed by atoms with Crippen molar-refractivity contribution in [1.82, 2.24) is 19.9 Å². The van der Waals surface area contributed by atoms with Gasteiger partial charge in [-0.05, 0) is 24.5 Å². The van der Waals surface area contributed by atoms with E-state index in [4.69, 9.17) is 0 Å². The molecule has 0 amide bonds. The third kappa shape index (κ3) is 3.08. The number of hydrogen-bond acceptors (Lipinski definition) is 6. The van der Waals surface area contributed by atoms with Gasteiger partial charge in [0.25, 0.3) is 0 Å². The third-order valence-electron chi connectivity index (χ3n) is 2.58. The zero-order valence-corrected chi connectivity index (χ0v) is 11.6. The van der Waals surface area contributed by atoms with E-state index in [0.717, 1.165) is 25.1 Å². The van der Waals surface area contributed by atoms with Crippen LogP contribution in [0.25, 0.3) is 0 Å². The number of aromatic nitrogens is 3. The number of hydrogen-bond donors (Lipinski definition) is 1. The maximum absolute atomic E-state index is 4.18. The Morgan fingerprint density at radius 2 is 2.29 bits per heavy atom. The fraction of sp³-hybridized carbons (Fsp3) is 0.545. The Balaban J connectivity index is 2.16. The second kappa shape index (κ2) is 6.18. The zero-order chi connectivity index (χ0) is 12.1. The van der Waals surface area contributed by atoms with Gasteiger partial charge in [0.15, 0.2) is 0 Å². The summed E-state index contributed by atoms with van der Waals surface area (Å²) >= 11 is 3.21. The van der Waals surface area contributed by atoms with Crippen molar-refractivity contribution in [3.63, 3.8) is 0 Å². The lowest BCUT2D eigenvalue weighted by molar-refractivity contribution is 0.556. The van der Waals surface area contributed by atoms with Crippen LogP contribution >= 0.6 is 22.9 Å². The number of nitrogens with one attached hydrogen (secondary N) is 1. The second-order valence-corrected chi connectivity index (χ2v) is 5.48. The average molecular weight is 268 g/mol. The molecule has 17 heavy (non-hydrogen) atoms. The van der Waals surface area contributed by atoms with Gasteiger partial charge in [0.1, 0.15) is 0 Å². The summed E-state index contributed by atoms with van der Waals surface area (Å²) in [4.78, 5) is 6.69. The van der Waals surface area contributed by atoms with Gasteiger partial charge < -0.3 is 5.32 Å². The zero-order valence-electron chi connectivity index (χ0n) is 10.0. The van der Waals surface area contributed by atoms with Crippen LogP contribution in [0.15, 0.2) is 11.7 Å². The van der Waals surface area contributed by atoms with E-state index in [0.29, 0.717) is 6.04 Å². The van der Waals surface area contributed by atoms with Crippen LogP contribution in [0.4, 0.5) is 0 Å². The van der Waals surface area contributed by atoms with Crippen molar-refractivity contribution in [2.75, 3.05) is 6.54 Å². The molecule has 0 spiro atoms. The molecule has 1 unspecified atom stereocenters. The summed E-state index contributed by atoms with van der Waals surface area (Å²) in [6, 6.07) is 0.315. The van der Waals surface area contributed by atoms with Crippen LogP contribution in [0.3, 0.4) is 0 Å². The first-order valence-corrected chi connectivity index (χ1v) is 7.42. The molecule has 0 aliphatic carbocycles. The first kappa shape index (κ1) is 12.6. The van der Waals surface area contributed by atoms with Crippen LogP contribution in [-0.2, 0) is 12.8 Å². The second-order valence-electron chi connectivity index (χ2n) is 3.72. The lowest BCUT2D eigenvalue weighted by Gasteiger charge is -2.15. The summed E-state index contributed by atoms with van der Waals surface area (Å²) in [5.74, 6) is 0. The maximum Gasteiger partial charge on any atom is 0.0801 e. The first-order chi connectivity index (χ1) is 8.35. The predicted molar refractivity (Wildman–Crippen MR) is 71.5 cm³/mol. The standard InChI is InChI=1S/C11H16N4S2/c1-3-9-11(17-15-14-9)10(13-4-2)5-8-6-12-7-16-8/h6-7,10,13H,3-5H2,1-2H3. The van der Waals surface area contributed by atoms with Crippen molar-refractivity contribution in [1.29, 1.82) is 0 Å². The molecule has 2 heterocycles. The molecular formula is C11H16N4S2. The average Bonchev–Trinajstić information content (AvgIpc) is 2.98. The quantitative estimate of drug-likeness (QED) is 0.874. The van der Waals surface area contributed by atoms with E-state index in [1.54, 1.807) is 11.3 Å². The monoisotopic (exact) mass is 268 g/mol. The largest absolute Gasteiger partial charge is 0.309 e. The SMILES string of the molecule is CCNC(Cc1cncs1)c1snnc1CC. The molecule has 6 heteroatoms. The van der Waals surface area contributed by atoms with Crippen LogP contribution < -0.4 is 5.32 Å². The molecule has 92 valence electrons. The van der Waals surface area contributed by atoms with E-state index < -0.39 is 0 Å². The summed E-state index contributed by atoms with van der Waals surface area (Å²) in [5, 5.41) is 7.69. The summed E-state index contributed by atoms with van der Waals surface area (Å²) in [6.45, 7) is 5.19. The molecule has 0 aromatic carbocycles. The van der Waals surface area contributed by atoms with E-state index in [1.807, 2.05) is 11.7 Å². The van der Waals surface area contributed by atoms with Crippen molar-refractivity contribution < 1.29 is 0 Å². The molecule has 0 bridgehead atoms. The minimum Gasteiger partial charge on any atom is -0.309 e. The molecule has 1 atom stereocenters. The minimum atomic E-state index is 0.315. The van der Waals surface area contributed by atoms with Gasteiger partial charge in [-0.1, -0.05) is 18.3 Å². The Morgan fingerprint density at radius 1 is 1.41 bits per heavy atom. The highest BCUT2D eigenvalue weighted by molar-refractivity contribution is 7.09. The van der Waals surface area contributed by atoms with Gasteiger partial charge in [-0.15, -0.1) is 16.4 Å². The van der Waals surface area contributed by atoms with Gasteiger partial charge in [-0.25, -0.2) is 0 Å². The number of likely N-dealkylation sites (N-methyl/N-ethyl adjacent to an activating group) is 1. The fourth-order valence-corrected chi connectivity index (χ4v) is 3.23. The van der Waals surface area contributed by atoms with Crippen molar-refractivity contribution in [2.24, 2.45) is 0 Å². The summed E-state index contributed by atoms with van der Waals surface area (Å²) in [5.41, 5.74) is 3.00. The van der Waals surface area contributed by atoms with Crippen LogP contribution in [0, 0.1) is 0 Å². The molecule has 0 aliphatic rings. The van der Waals surface area contributed by atoms with E-state index >= 15 is 0 Å². The van der Waals surface area contributed by atoms with Crippen molar-refractivity contribution in [2.45, 2.75) is 32.7 Å². The summed E-state index contributed by atoms with van der Waals surface area (Å²) < 4.78 is 4.06. The topological polar surface area (TPSA) is 50.7 Å². The van der Waals surface area contributed by atoms with Crippen molar-refractivity contribution >= 4 is 22.9 Å². The van der Waals surface area contributed by atoms with Gasteiger partial charge in [-0.3, -0.25) is 4.98 Å². The highest BCUT2D eigenvalue weighted by Crippen LogP contribution is 2.25. The molecule has 2 aromatic rings. The Bertz CT molecular complexity index is 438. The molecule has 0 saturated carbocycles. The van der Waals surface area contributed by atoms with Gasteiger partial charge in [0.2, 0.25) is 0 Å². The third-order valence-corrected chi connectivity index (χ3v) is 4.26. The van der Waals surface area contributed by atoms with Crippen LogP contribution in [0.2, 0.25) is 0 Å². The molecule has 1 N–H and O–H groups in total. The fourth-order valence-electron chi connectivity index (χ4n) is 1.77. The molecule has 4 nitrogen and oxygen atoms in total. The summed E-state index contributed by atoms with van der Waals surface area (Å²) in [7, 11) is 0. The van der Waals surface area contributed by atoms with E-state index in [1.165, 1.54) is 21.3 Å². The van der Waals surface area contributed by atoms with E-state index in [-0.39, 0.29) is 0 Å². The lowest BCUT2D eigenvalue weighted by Crippen LogP contribution is -2.22. The predicted octanol–water partition coefficient (Wildman–Crippen LogP) is 2.45. The Morgan fingerprint density at radius 3 is 2.94 bits per heavy atom. The van der Waals surface area contributed by atoms with Crippen LogP contribution in [-0.4, -0.2) is 21.1 Å². The van der Waals surface area contributed by atoms with Gasteiger partial charge in [0.05, 0.1) is 16.1 Å². The van der Waals surface area contributed by atoms with E-state index in [9.17, 15) is 0 Å². The molecule has 0 radical (unpaired) electrons. The molecule has 0 saturated heterocycles. The normalized spacial score (nSPS) is 12.8. The Hall–Kier alpha value is -0.850. The molecule has 2 rings (SSSR count). The number of nitrogens with zero attached hydrogens (tertiary/aromatic N) is 3. The Labute approximate surface area is 109 Å². The summed E-state index contributed by atoms with van der Waals surface area (Å²) in [6.07, 6.45) is 3.85. The lowest BCUT2D eigenvalue weighted by atomic mass is 10.1. The molecule has 0 fully saturated rings.